The van der Waals surface area contributed by atoms with Gasteiger partial charge in [0.15, 0.2) is 5.62 Å². The highest BCUT2D eigenvalue weighted by Gasteiger charge is 2.04. The molecule has 1 rings (SSSR count). The van der Waals surface area contributed by atoms with E-state index in [0.29, 0.717) is 10.5 Å². The molecule has 0 aliphatic heterocycles. The molecule has 72 valence electrons. The van der Waals surface area contributed by atoms with Crippen molar-refractivity contribution in [1.82, 2.24) is 0 Å². The van der Waals surface area contributed by atoms with E-state index in [1.807, 2.05) is 37.2 Å². The molecule has 0 aliphatic rings. The molecule has 1 aromatic carbocycles. The van der Waals surface area contributed by atoms with Gasteiger partial charge in [-0.15, -0.1) is 0 Å². The molecule has 0 amide bonds. The van der Waals surface area contributed by atoms with Gasteiger partial charge >= 0.3 is 0 Å². The topological polar surface area (TPSA) is 44.1 Å². The first-order valence-corrected chi connectivity index (χ1v) is 4.88. The summed E-state index contributed by atoms with van der Waals surface area (Å²) < 4.78 is 0. The molecular weight excluding hydrogens is 196 g/mol. The third kappa shape index (κ3) is 2.27. The normalized spacial score (nSPS) is 9.21. The van der Waals surface area contributed by atoms with Crippen molar-refractivity contribution in [3.8, 4) is 6.07 Å². The summed E-state index contributed by atoms with van der Waals surface area (Å²) in [5.74, 6) is 0. The van der Waals surface area contributed by atoms with E-state index in [1.165, 1.54) is 0 Å². The minimum Gasteiger partial charge on any atom is -0.378 e. The van der Waals surface area contributed by atoms with Crippen LogP contribution in [0.2, 0.25) is 0 Å². The van der Waals surface area contributed by atoms with Gasteiger partial charge in [-0.2, -0.15) is 5.26 Å². The summed E-state index contributed by atoms with van der Waals surface area (Å²) in [5, 5.41) is 8.78. The second-order valence-electron chi connectivity index (χ2n) is 2.90. The Balaban J connectivity index is 3.15. The first-order chi connectivity index (χ1) is 6.69. The van der Waals surface area contributed by atoms with Crippen molar-refractivity contribution in [2.24, 2.45) is 0 Å². The van der Waals surface area contributed by atoms with Gasteiger partial charge in [-0.05, 0) is 18.2 Å². The number of thioether (sulfide) groups is 1. The van der Waals surface area contributed by atoms with Crippen LogP contribution < -0.4 is 4.90 Å². The van der Waals surface area contributed by atoms with Crippen molar-refractivity contribution >= 4 is 23.1 Å². The molecule has 0 aliphatic carbocycles. The summed E-state index contributed by atoms with van der Waals surface area (Å²) >= 11 is 1.03. The summed E-state index contributed by atoms with van der Waals surface area (Å²) in [6, 6.07) is 7.46. The Bertz CT molecular complexity index is 382. The smallest absolute Gasteiger partial charge is 0.181 e. The third-order valence-corrected chi connectivity index (χ3v) is 2.47. The molecule has 0 unspecified atom stereocenters. The lowest BCUT2D eigenvalue weighted by Gasteiger charge is -2.13. The highest BCUT2D eigenvalue weighted by Crippen LogP contribution is 2.25. The van der Waals surface area contributed by atoms with E-state index in [9.17, 15) is 4.79 Å². The zero-order chi connectivity index (χ0) is 10.6. The minimum atomic E-state index is 0.535. The van der Waals surface area contributed by atoms with E-state index in [-0.39, 0.29) is 0 Å². The summed E-state index contributed by atoms with van der Waals surface area (Å²) in [6.07, 6.45) is 0. The van der Waals surface area contributed by atoms with Gasteiger partial charge in [0.25, 0.3) is 0 Å². The van der Waals surface area contributed by atoms with Crippen LogP contribution in [0.15, 0.2) is 23.1 Å². The van der Waals surface area contributed by atoms with E-state index < -0.39 is 0 Å². The van der Waals surface area contributed by atoms with Gasteiger partial charge in [0.1, 0.15) is 6.07 Å². The van der Waals surface area contributed by atoms with Crippen molar-refractivity contribution in [3.05, 3.63) is 23.8 Å². The second-order valence-corrected chi connectivity index (χ2v) is 3.77. The fraction of sp³-hybridized carbons (Fsp3) is 0.200. The number of hydrogen-bond donors (Lipinski definition) is 0. The third-order valence-electron chi connectivity index (χ3n) is 1.78. The van der Waals surface area contributed by atoms with Crippen molar-refractivity contribution in [3.63, 3.8) is 0 Å². The van der Waals surface area contributed by atoms with Crippen LogP contribution in [0.25, 0.3) is 0 Å². The molecule has 14 heavy (non-hydrogen) atoms. The summed E-state index contributed by atoms with van der Waals surface area (Å²) in [7, 11) is 3.83. The predicted molar refractivity (Wildman–Crippen MR) is 58.1 cm³/mol. The van der Waals surface area contributed by atoms with Gasteiger partial charge in [0.05, 0.1) is 5.56 Å². The monoisotopic (exact) mass is 206 g/mol. The molecule has 0 bridgehead atoms. The van der Waals surface area contributed by atoms with Crippen LogP contribution in [-0.2, 0) is 4.79 Å². The predicted octanol–water partition coefficient (Wildman–Crippen LogP) is 1.91. The minimum absolute atomic E-state index is 0.535. The average Bonchev–Trinajstić information content (AvgIpc) is 2.18. The van der Waals surface area contributed by atoms with Crippen LogP contribution >= 0.6 is 11.8 Å². The van der Waals surface area contributed by atoms with Gasteiger partial charge in [-0.1, -0.05) is 11.8 Å². The molecular formula is C10H10N2OS. The summed E-state index contributed by atoms with van der Waals surface area (Å²) in [6.45, 7) is 0. The number of nitrogens with zero attached hydrogens (tertiary/aromatic N) is 2. The molecule has 0 saturated heterocycles. The quantitative estimate of drug-likeness (QED) is 0.559. The molecule has 0 fully saturated rings. The van der Waals surface area contributed by atoms with E-state index in [4.69, 9.17) is 5.26 Å². The molecule has 0 spiro atoms. The van der Waals surface area contributed by atoms with Crippen molar-refractivity contribution in [2.75, 3.05) is 19.0 Å². The highest BCUT2D eigenvalue weighted by molar-refractivity contribution is 8.11. The molecule has 0 heterocycles. The Hall–Kier alpha value is -1.47. The van der Waals surface area contributed by atoms with E-state index in [0.717, 1.165) is 23.1 Å². The maximum absolute atomic E-state index is 10.4. The lowest BCUT2D eigenvalue weighted by atomic mass is 10.2. The van der Waals surface area contributed by atoms with E-state index in [1.54, 1.807) is 6.07 Å². The van der Waals surface area contributed by atoms with Crippen LogP contribution in [0.3, 0.4) is 0 Å². The van der Waals surface area contributed by atoms with Gasteiger partial charge < -0.3 is 4.90 Å². The second kappa shape index (κ2) is 4.68. The van der Waals surface area contributed by atoms with Gasteiger partial charge in [0.2, 0.25) is 0 Å². The molecule has 1 aromatic rings. The lowest BCUT2D eigenvalue weighted by molar-refractivity contribution is 0.570. The van der Waals surface area contributed by atoms with Crippen LogP contribution in [0.5, 0.6) is 0 Å². The summed E-state index contributed by atoms with van der Waals surface area (Å²) in [4.78, 5) is 13.0. The Morgan fingerprint density at radius 2 is 2.21 bits per heavy atom. The first kappa shape index (κ1) is 10.6. The van der Waals surface area contributed by atoms with Crippen molar-refractivity contribution < 1.29 is 4.79 Å². The molecule has 0 atom stereocenters. The van der Waals surface area contributed by atoms with Crippen LogP contribution in [0.1, 0.15) is 5.56 Å². The van der Waals surface area contributed by atoms with Gasteiger partial charge in [0, 0.05) is 24.7 Å². The van der Waals surface area contributed by atoms with Crippen molar-refractivity contribution in [2.45, 2.75) is 4.90 Å². The number of carbonyl (C=O) groups excluding carboxylic acids is 1. The zero-order valence-electron chi connectivity index (χ0n) is 8.02. The van der Waals surface area contributed by atoms with Gasteiger partial charge in [-0.3, -0.25) is 4.79 Å². The maximum atomic E-state index is 10.4. The number of anilines is 1. The van der Waals surface area contributed by atoms with E-state index >= 15 is 0 Å². The number of rotatable bonds is 3. The fourth-order valence-corrected chi connectivity index (χ4v) is 1.56. The largest absolute Gasteiger partial charge is 0.378 e. The molecule has 4 heteroatoms. The fourth-order valence-electron chi connectivity index (χ4n) is 1.03. The average molecular weight is 206 g/mol. The Labute approximate surface area is 87.3 Å². The Kier molecular flexibility index (Phi) is 3.55. The lowest BCUT2D eigenvalue weighted by Crippen LogP contribution is -2.08. The summed E-state index contributed by atoms with van der Waals surface area (Å²) in [5.41, 5.74) is 2.25. The maximum Gasteiger partial charge on any atom is 0.181 e. The van der Waals surface area contributed by atoms with Crippen molar-refractivity contribution in [1.29, 1.82) is 5.26 Å². The molecule has 3 nitrogen and oxygen atoms in total. The Morgan fingerprint density at radius 3 is 2.71 bits per heavy atom. The number of hydrogen-bond acceptors (Lipinski definition) is 4. The van der Waals surface area contributed by atoms with Crippen LogP contribution in [0, 0.1) is 11.3 Å². The van der Waals surface area contributed by atoms with Gasteiger partial charge in [-0.25, -0.2) is 0 Å². The number of carbonyl (C=O) groups is 1. The number of nitriles is 1. The molecule has 0 aromatic heterocycles. The molecule has 0 radical (unpaired) electrons. The van der Waals surface area contributed by atoms with E-state index in [2.05, 4.69) is 0 Å². The highest BCUT2D eigenvalue weighted by atomic mass is 32.2. The number of benzene rings is 1. The SMILES string of the molecule is CN(C)c1ccc(C#N)c(SC=O)c1. The van der Waals surface area contributed by atoms with Crippen LogP contribution in [-0.4, -0.2) is 19.7 Å². The first-order valence-electron chi connectivity index (χ1n) is 4.01. The van der Waals surface area contributed by atoms with Crippen LogP contribution in [0.4, 0.5) is 5.69 Å². The Morgan fingerprint density at radius 1 is 1.50 bits per heavy atom. The molecule has 0 saturated carbocycles. The molecule has 0 N–H and O–H groups in total. The zero-order valence-corrected chi connectivity index (χ0v) is 8.84. The standard InChI is InChI=1S/C10H10N2OS/c1-12(2)9-4-3-8(6-11)10(5-9)14-7-13/h3-5,7H,1-2H3.